The molecule has 0 aromatic carbocycles. The maximum Gasteiger partial charge on any atom is 0.440 e. The van der Waals surface area contributed by atoms with Crippen molar-refractivity contribution in [3.63, 3.8) is 0 Å². The van der Waals surface area contributed by atoms with Crippen LogP contribution in [0.25, 0.3) is 0 Å². The molecular formula is C10H19NO4. The first kappa shape index (κ1) is 13.7. The van der Waals surface area contributed by atoms with Gasteiger partial charge in [-0.25, -0.2) is 9.59 Å². The summed E-state index contributed by atoms with van der Waals surface area (Å²) in [4.78, 5) is 26.7. The minimum Gasteiger partial charge on any atom is -0.447 e. The fourth-order valence-corrected chi connectivity index (χ4v) is 0.580. The molecule has 0 aliphatic rings. The SMILES string of the molecule is CCCCOC(=O)NOC(=O)C(C)(C)C. The van der Waals surface area contributed by atoms with E-state index in [1.54, 1.807) is 20.8 Å². The average Bonchev–Trinajstić information content (AvgIpc) is 2.13. The lowest BCUT2D eigenvalue weighted by Crippen LogP contribution is -2.33. The van der Waals surface area contributed by atoms with Crippen LogP contribution < -0.4 is 5.48 Å². The Kier molecular flexibility index (Phi) is 5.74. The lowest BCUT2D eigenvalue weighted by molar-refractivity contribution is -0.159. The molecule has 88 valence electrons. The van der Waals surface area contributed by atoms with Crippen molar-refractivity contribution in [1.82, 2.24) is 5.48 Å². The van der Waals surface area contributed by atoms with E-state index in [0.29, 0.717) is 6.61 Å². The molecule has 1 N–H and O–H groups in total. The van der Waals surface area contributed by atoms with Gasteiger partial charge in [-0.3, -0.25) is 0 Å². The Balaban J connectivity index is 3.67. The van der Waals surface area contributed by atoms with Crippen molar-refractivity contribution in [3.05, 3.63) is 0 Å². The molecule has 0 radical (unpaired) electrons. The molecule has 5 heteroatoms. The molecule has 5 nitrogen and oxygen atoms in total. The molecule has 0 rings (SSSR count). The van der Waals surface area contributed by atoms with Crippen LogP contribution in [0.2, 0.25) is 0 Å². The van der Waals surface area contributed by atoms with Gasteiger partial charge in [0.2, 0.25) is 0 Å². The van der Waals surface area contributed by atoms with Gasteiger partial charge in [0.25, 0.3) is 0 Å². The minimum atomic E-state index is -0.735. The zero-order valence-corrected chi connectivity index (χ0v) is 9.75. The molecule has 0 spiro atoms. The van der Waals surface area contributed by atoms with Crippen LogP contribution in [-0.4, -0.2) is 18.7 Å². The van der Waals surface area contributed by atoms with Gasteiger partial charge in [-0.05, 0) is 27.2 Å². The second-order valence-corrected chi connectivity index (χ2v) is 4.23. The van der Waals surface area contributed by atoms with Crippen LogP contribution in [0.3, 0.4) is 0 Å². The highest BCUT2D eigenvalue weighted by Gasteiger charge is 2.24. The summed E-state index contributed by atoms with van der Waals surface area (Å²) in [5.41, 5.74) is 1.30. The van der Waals surface area contributed by atoms with Crippen molar-refractivity contribution < 1.29 is 19.2 Å². The summed E-state index contributed by atoms with van der Waals surface area (Å²) in [6.07, 6.45) is 0.997. The maximum absolute atomic E-state index is 11.2. The van der Waals surface area contributed by atoms with Gasteiger partial charge in [-0.2, -0.15) is 0 Å². The van der Waals surface area contributed by atoms with Crippen LogP contribution in [0.5, 0.6) is 0 Å². The monoisotopic (exact) mass is 217 g/mol. The Labute approximate surface area is 90.1 Å². The van der Waals surface area contributed by atoms with Gasteiger partial charge in [0.1, 0.15) is 0 Å². The standard InChI is InChI=1S/C10H19NO4/c1-5-6-7-14-9(13)11-15-8(12)10(2,3)4/h5-7H2,1-4H3,(H,11,13). The summed E-state index contributed by atoms with van der Waals surface area (Å²) < 4.78 is 4.72. The molecule has 0 saturated carbocycles. The first-order valence-corrected chi connectivity index (χ1v) is 5.02. The average molecular weight is 217 g/mol. The summed E-state index contributed by atoms with van der Waals surface area (Å²) in [7, 11) is 0. The lowest BCUT2D eigenvalue weighted by atomic mass is 9.98. The molecule has 0 aliphatic carbocycles. The number of unbranched alkanes of at least 4 members (excludes halogenated alkanes) is 1. The van der Waals surface area contributed by atoms with Crippen molar-refractivity contribution in [2.45, 2.75) is 40.5 Å². The van der Waals surface area contributed by atoms with E-state index in [1.165, 1.54) is 0 Å². The largest absolute Gasteiger partial charge is 0.447 e. The van der Waals surface area contributed by atoms with E-state index in [9.17, 15) is 9.59 Å². The van der Waals surface area contributed by atoms with E-state index in [-0.39, 0.29) is 0 Å². The number of carbonyl (C=O) groups is 2. The van der Waals surface area contributed by atoms with E-state index in [1.807, 2.05) is 12.4 Å². The normalized spacial score (nSPS) is 10.7. The van der Waals surface area contributed by atoms with Crippen LogP contribution in [0.4, 0.5) is 4.79 Å². The van der Waals surface area contributed by atoms with E-state index in [4.69, 9.17) is 4.74 Å². The summed E-state index contributed by atoms with van der Waals surface area (Å²) in [6, 6.07) is 0. The Bertz CT molecular complexity index is 220. The molecule has 0 bridgehead atoms. The molecule has 0 heterocycles. The van der Waals surface area contributed by atoms with Gasteiger partial charge in [0, 0.05) is 0 Å². The Morgan fingerprint density at radius 1 is 1.27 bits per heavy atom. The summed E-state index contributed by atoms with van der Waals surface area (Å²) in [6.45, 7) is 7.40. The first-order valence-electron chi connectivity index (χ1n) is 5.02. The van der Waals surface area contributed by atoms with Crippen LogP contribution in [0, 0.1) is 5.41 Å². The highest BCUT2D eigenvalue weighted by atomic mass is 16.7. The molecule has 0 fully saturated rings. The second-order valence-electron chi connectivity index (χ2n) is 4.23. The predicted molar refractivity (Wildman–Crippen MR) is 54.9 cm³/mol. The van der Waals surface area contributed by atoms with E-state index >= 15 is 0 Å². The van der Waals surface area contributed by atoms with E-state index < -0.39 is 17.5 Å². The Morgan fingerprint density at radius 3 is 2.33 bits per heavy atom. The van der Waals surface area contributed by atoms with E-state index in [0.717, 1.165) is 12.8 Å². The van der Waals surface area contributed by atoms with Crippen molar-refractivity contribution in [2.24, 2.45) is 5.41 Å². The van der Waals surface area contributed by atoms with Gasteiger partial charge in [0.15, 0.2) is 0 Å². The third-order valence-corrected chi connectivity index (χ3v) is 1.57. The molecule has 0 aromatic rings. The molecule has 0 atom stereocenters. The summed E-state index contributed by atoms with van der Waals surface area (Å²) in [5, 5.41) is 0. The third kappa shape index (κ3) is 6.76. The number of carbonyl (C=O) groups excluding carboxylic acids is 2. The van der Waals surface area contributed by atoms with E-state index in [2.05, 4.69) is 4.84 Å². The smallest absolute Gasteiger partial charge is 0.440 e. The summed E-state index contributed by atoms with van der Waals surface area (Å²) >= 11 is 0. The zero-order valence-electron chi connectivity index (χ0n) is 9.75. The van der Waals surface area contributed by atoms with Gasteiger partial charge in [0.05, 0.1) is 12.0 Å². The first-order chi connectivity index (χ1) is 6.88. The highest BCUT2D eigenvalue weighted by Crippen LogP contribution is 2.13. The van der Waals surface area contributed by atoms with Crippen LogP contribution in [0.15, 0.2) is 0 Å². The van der Waals surface area contributed by atoms with Crippen LogP contribution in [-0.2, 0) is 14.4 Å². The van der Waals surface area contributed by atoms with Gasteiger partial charge in [-0.15, -0.1) is 5.48 Å². The van der Waals surface area contributed by atoms with Crippen molar-refractivity contribution in [2.75, 3.05) is 6.61 Å². The molecule has 0 aromatic heterocycles. The maximum atomic E-state index is 11.2. The number of hydrogen-bond acceptors (Lipinski definition) is 4. The van der Waals surface area contributed by atoms with Crippen molar-refractivity contribution >= 4 is 12.1 Å². The van der Waals surface area contributed by atoms with Crippen molar-refractivity contribution in [1.29, 1.82) is 0 Å². The fraction of sp³-hybridized carbons (Fsp3) is 0.800. The number of amides is 1. The molecule has 1 amide bonds. The van der Waals surface area contributed by atoms with Gasteiger partial charge >= 0.3 is 12.1 Å². The number of ether oxygens (including phenoxy) is 1. The molecular weight excluding hydrogens is 198 g/mol. The van der Waals surface area contributed by atoms with Crippen LogP contribution >= 0.6 is 0 Å². The number of rotatable bonds is 3. The second kappa shape index (κ2) is 6.27. The topological polar surface area (TPSA) is 64.6 Å². The third-order valence-electron chi connectivity index (χ3n) is 1.57. The fourth-order valence-electron chi connectivity index (χ4n) is 0.580. The predicted octanol–water partition coefficient (Wildman–Crippen LogP) is 2.02. The summed E-state index contributed by atoms with van der Waals surface area (Å²) in [5.74, 6) is -0.505. The molecule has 0 saturated heterocycles. The van der Waals surface area contributed by atoms with Crippen LogP contribution in [0.1, 0.15) is 40.5 Å². The van der Waals surface area contributed by atoms with Crippen molar-refractivity contribution in [3.8, 4) is 0 Å². The van der Waals surface area contributed by atoms with Gasteiger partial charge < -0.3 is 9.57 Å². The number of hydrogen-bond donors (Lipinski definition) is 1. The minimum absolute atomic E-state index is 0.329. The number of nitrogens with one attached hydrogen (secondary N) is 1. The quantitative estimate of drug-likeness (QED) is 0.580. The highest BCUT2D eigenvalue weighted by molar-refractivity contribution is 5.77. The molecule has 0 aliphatic heterocycles. The number of hydroxylamine groups is 1. The lowest BCUT2D eigenvalue weighted by Gasteiger charge is -2.15. The zero-order chi connectivity index (χ0) is 11.9. The molecule has 15 heavy (non-hydrogen) atoms. The molecule has 0 unspecified atom stereocenters. The Hall–Kier alpha value is -1.26. The Morgan fingerprint density at radius 2 is 1.87 bits per heavy atom. The van der Waals surface area contributed by atoms with Gasteiger partial charge in [-0.1, -0.05) is 13.3 Å².